The van der Waals surface area contributed by atoms with Gasteiger partial charge in [-0.25, -0.2) is 0 Å². The summed E-state index contributed by atoms with van der Waals surface area (Å²) >= 11 is 0. The first-order valence-electron chi connectivity index (χ1n) is 0. The van der Waals surface area contributed by atoms with Crippen molar-refractivity contribution < 1.29 is 16.4 Å². The average Bonchev–Trinajstić information content (AvgIpc) is 0. The summed E-state index contributed by atoms with van der Waals surface area (Å²) in [6.45, 7) is 0. The van der Waals surface area contributed by atoms with Crippen molar-refractivity contribution in [3.05, 3.63) is 0 Å². The zero-order valence-corrected chi connectivity index (χ0v) is 13.5. The molecule has 0 aliphatic heterocycles. The second-order valence-electron chi connectivity index (χ2n) is 0. The minimum atomic E-state index is 0. The van der Waals surface area contributed by atoms with Gasteiger partial charge >= 0.3 is 0 Å². The van der Waals surface area contributed by atoms with Crippen LogP contribution in [0.15, 0.2) is 0 Å². The molecule has 0 rings (SSSR count). The summed E-state index contributed by atoms with van der Waals surface area (Å²) in [6, 6.07) is 0. The van der Waals surface area contributed by atoms with Crippen LogP contribution in [0.1, 0.15) is 0 Å². The van der Waals surface area contributed by atoms with Crippen molar-refractivity contribution in [2.75, 3.05) is 0 Å². The molecule has 0 spiro atoms. The van der Waals surface area contributed by atoms with E-state index in [1.54, 1.807) is 0 Å². The van der Waals surface area contributed by atoms with Gasteiger partial charge in [-0.05, 0) is 0 Å². The maximum Gasteiger partial charge on any atom is 0 e. The fraction of sp³-hybridized carbons (Fsp3) is 0. The molecule has 4 radical (unpaired) electrons. The molecule has 3 nitrogen and oxygen atoms in total. The Labute approximate surface area is 131 Å². The van der Waals surface area contributed by atoms with E-state index >= 15 is 0 Å². The van der Waals surface area contributed by atoms with Crippen molar-refractivity contribution in [3.8, 4) is 0 Å². The van der Waals surface area contributed by atoms with Crippen LogP contribution in [-0.4, -0.2) is 135 Å². The van der Waals surface area contributed by atoms with Gasteiger partial charge < -0.3 is 16.4 Å². The van der Waals surface area contributed by atoms with E-state index in [1.807, 2.05) is 0 Å². The molecular formula is H6Na4O3. The van der Waals surface area contributed by atoms with E-state index in [0.29, 0.717) is 0 Å². The Morgan fingerprint density at radius 3 is 0.286 bits per heavy atom. The van der Waals surface area contributed by atoms with Crippen LogP contribution in [0.5, 0.6) is 0 Å². The molecule has 6 N–H and O–H groups in total. The van der Waals surface area contributed by atoms with Crippen LogP contribution >= 0.6 is 0 Å². The smallest absolute Gasteiger partial charge is 0 e. The second-order valence-corrected chi connectivity index (χ2v) is 0. The van der Waals surface area contributed by atoms with Gasteiger partial charge in [0, 0.05) is 118 Å². The Morgan fingerprint density at radius 1 is 0.286 bits per heavy atom. The molecular weight excluding hydrogens is 140 g/mol. The summed E-state index contributed by atoms with van der Waals surface area (Å²) in [5.74, 6) is 0. The number of rotatable bonds is 0. The van der Waals surface area contributed by atoms with Crippen LogP contribution in [0.25, 0.3) is 0 Å². The molecule has 7 heteroatoms. The molecule has 0 heterocycles. The summed E-state index contributed by atoms with van der Waals surface area (Å²) in [7, 11) is 0. The van der Waals surface area contributed by atoms with Crippen molar-refractivity contribution in [2.45, 2.75) is 0 Å². The predicted octanol–water partition coefficient (Wildman–Crippen LogP) is -4.00. The molecule has 0 aliphatic rings. The van der Waals surface area contributed by atoms with Crippen molar-refractivity contribution >= 4 is 118 Å². The Kier molecular flexibility index (Phi) is 522. The summed E-state index contributed by atoms with van der Waals surface area (Å²) < 4.78 is 0. The first kappa shape index (κ1) is 70.5. The topological polar surface area (TPSA) is 94.5 Å². The van der Waals surface area contributed by atoms with Gasteiger partial charge in [0.15, 0.2) is 0 Å². The van der Waals surface area contributed by atoms with E-state index < -0.39 is 0 Å². The quantitative estimate of drug-likeness (QED) is 0.311. The van der Waals surface area contributed by atoms with Crippen LogP contribution in [0, 0.1) is 0 Å². The molecule has 0 fully saturated rings. The molecule has 7 heavy (non-hydrogen) atoms. The van der Waals surface area contributed by atoms with E-state index in [2.05, 4.69) is 0 Å². The SMILES string of the molecule is O.O.O.[Na].[Na].[Na].[Na]. The number of hydrogen-bond acceptors (Lipinski definition) is 0. The van der Waals surface area contributed by atoms with Crippen LogP contribution < -0.4 is 0 Å². The van der Waals surface area contributed by atoms with Gasteiger partial charge in [-0.2, -0.15) is 0 Å². The zero-order chi connectivity index (χ0) is 0. The predicted molar refractivity (Wildman–Crippen MR) is 33.9 cm³/mol. The summed E-state index contributed by atoms with van der Waals surface area (Å²) in [4.78, 5) is 0. The fourth-order valence-corrected chi connectivity index (χ4v) is 0. The van der Waals surface area contributed by atoms with Gasteiger partial charge in [-0.3, -0.25) is 0 Å². The van der Waals surface area contributed by atoms with Gasteiger partial charge in [0.05, 0.1) is 0 Å². The third kappa shape index (κ3) is 40.8. The first-order chi connectivity index (χ1) is 0. The molecule has 28 valence electrons. The van der Waals surface area contributed by atoms with Gasteiger partial charge in [-0.15, -0.1) is 0 Å². The summed E-state index contributed by atoms with van der Waals surface area (Å²) in [5.41, 5.74) is 0. The third-order valence-corrected chi connectivity index (χ3v) is 0. The van der Waals surface area contributed by atoms with E-state index in [4.69, 9.17) is 0 Å². The first-order valence-corrected chi connectivity index (χ1v) is 0. The average molecular weight is 146 g/mol. The molecule has 0 aliphatic carbocycles. The Hall–Kier alpha value is 3.88. The Balaban J connectivity index is 0. The molecule has 0 aromatic carbocycles. The molecule has 0 saturated heterocycles. The van der Waals surface area contributed by atoms with E-state index in [-0.39, 0.29) is 135 Å². The summed E-state index contributed by atoms with van der Waals surface area (Å²) in [5, 5.41) is 0. The van der Waals surface area contributed by atoms with Crippen molar-refractivity contribution in [1.29, 1.82) is 0 Å². The minimum Gasteiger partial charge on any atom is -0.412 e. The number of hydrogen-bond donors (Lipinski definition) is 0. The van der Waals surface area contributed by atoms with Crippen LogP contribution in [0.3, 0.4) is 0 Å². The Morgan fingerprint density at radius 2 is 0.286 bits per heavy atom. The van der Waals surface area contributed by atoms with Gasteiger partial charge in [0.25, 0.3) is 0 Å². The standard InChI is InChI=1S/4Na.3H2O/h;;;;3*1H2. The van der Waals surface area contributed by atoms with Crippen molar-refractivity contribution in [1.82, 2.24) is 0 Å². The maximum absolute atomic E-state index is 0. The van der Waals surface area contributed by atoms with Gasteiger partial charge in [0.1, 0.15) is 0 Å². The molecule has 0 aromatic rings. The molecule has 0 aromatic heterocycles. The van der Waals surface area contributed by atoms with Crippen molar-refractivity contribution in [2.24, 2.45) is 0 Å². The minimum absolute atomic E-state index is 0. The fourth-order valence-electron chi connectivity index (χ4n) is 0. The largest absolute Gasteiger partial charge is 0.412 e. The molecule has 0 bridgehead atoms. The van der Waals surface area contributed by atoms with Gasteiger partial charge in [-0.1, -0.05) is 0 Å². The monoisotopic (exact) mass is 146 g/mol. The Bertz CT molecular complexity index is 6.90. The molecule has 0 saturated carbocycles. The van der Waals surface area contributed by atoms with E-state index in [0.717, 1.165) is 0 Å². The van der Waals surface area contributed by atoms with Crippen LogP contribution in [-0.2, 0) is 0 Å². The van der Waals surface area contributed by atoms with Crippen molar-refractivity contribution in [3.63, 3.8) is 0 Å². The van der Waals surface area contributed by atoms with E-state index in [9.17, 15) is 0 Å². The summed E-state index contributed by atoms with van der Waals surface area (Å²) in [6.07, 6.45) is 0. The molecule has 0 unspecified atom stereocenters. The van der Waals surface area contributed by atoms with Gasteiger partial charge in [0.2, 0.25) is 0 Å². The maximum atomic E-state index is 0. The normalized spacial score (nSPS) is 0. The molecule has 0 atom stereocenters. The van der Waals surface area contributed by atoms with Crippen LogP contribution in [0.4, 0.5) is 0 Å². The van der Waals surface area contributed by atoms with Crippen LogP contribution in [0.2, 0.25) is 0 Å². The second kappa shape index (κ2) is 51.8. The molecule has 0 amide bonds. The van der Waals surface area contributed by atoms with E-state index in [1.165, 1.54) is 0 Å². The zero-order valence-electron chi connectivity index (χ0n) is 5.50. The third-order valence-electron chi connectivity index (χ3n) is 0.